The number of amides is 2. The Labute approximate surface area is 173 Å². The van der Waals surface area contributed by atoms with Gasteiger partial charge < -0.3 is 16.2 Å². The van der Waals surface area contributed by atoms with E-state index < -0.39 is 6.09 Å². The number of halogens is 1. The second kappa shape index (κ2) is 8.77. The van der Waals surface area contributed by atoms with E-state index >= 15 is 0 Å². The van der Waals surface area contributed by atoms with E-state index in [1.807, 2.05) is 6.07 Å². The van der Waals surface area contributed by atoms with Crippen LogP contribution < -0.4 is 16.4 Å². The molecule has 1 heterocycles. The maximum absolute atomic E-state index is 12.6. The number of benzene rings is 2. The Morgan fingerprint density at radius 3 is 2.43 bits per heavy atom. The van der Waals surface area contributed by atoms with Gasteiger partial charge in [-0.3, -0.25) is 10.1 Å². The minimum atomic E-state index is -1.12. The highest BCUT2D eigenvalue weighted by atomic mass is 79.9. The minimum Gasteiger partial charge on any atom is -0.465 e. The van der Waals surface area contributed by atoms with Crippen molar-refractivity contribution in [2.75, 3.05) is 16.4 Å². The summed E-state index contributed by atoms with van der Waals surface area (Å²) in [5.74, 6) is 0.0722. The van der Waals surface area contributed by atoms with Crippen LogP contribution in [0.25, 0.3) is 0 Å². The Balaban J connectivity index is 1.75. The molecule has 3 rings (SSSR count). The number of carbonyl (C=O) groups excluding carboxylic acids is 1. The number of hydrogen-bond donors (Lipinski definition) is 4. The second-order valence-corrected chi connectivity index (χ2v) is 7.62. The van der Waals surface area contributed by atoms with Crippen LogP contribution in [0.15, 0.2) is 75.1 Å². The molecule has 0 spiro atoms. The Kier molecular flexibility index (Phi) is 6.17. The Morgan fingerprint density at radius 2 is 1.79 bits per heavy atom. The fourth-order valence-electron chi connectivity index (χ4n) is 2.32. The van der Waals surface area contributed by atoms with Crippen molar-refractivity contribution in [2.24, 2.45) is 0 Å². The number of carbonyl (C=O) groups is 2. The van der Waals surface area contributed by atoms with Gasteiger partial charge in [0.05, 0.1) is 11.3 Å². The first-order valence-electron chi connectivity index (χ1n) is 8.01. The molecule has 0 saturated carbocycles. The highest BCUT2D eigenvalue weighted by molar-refractivity contribution is 9.10. The molecule has 0 bridgehead atoms. The predicted octanol–water partition coefficient (Wildman–Crippen LogP) is 4.92. The summed E-state index contributed by atoms with van der Waals surface area (Å²) in [6.45, 7) is 0. The van der Waals surface area contributed by atoms with Crippen molar-refractivity contribution < 1.29 is 14.7 Å². The third-order valence-electron chi connectivity index (χ3n) is 3.61. The minimum absolute atomic E-state index is 0.346. The van der Waals surface area contributed by atoms with E-state index in [-0.39, 0.29) is 5.91 Å². The van der Waals surface area contributed by atoms with Gasteiger partial charge in [0.15, 0.2) is 0 Å². The van der Waals surface area contributed by atoms with E-state index in [9.17, 15) is 9.59 Å². The van der Waals surface area contributed by atoms with Crippen LogP contribution >= 0.6 is 27.7 Å². The van der Waals surface area contributed by atoms with Crippen LogP contribution in [0.2, 0.25) is 0 Å². The van der Waals surface area contributed by atoms with Crippen molar-refractivity contribution in [1.82, 2.24) is 4.98 Å². The standard InChI is InChI=1S/C19H15BrN4O3S/c20-11-4-9-16(22-10-11)24-18(25)14-2-1-3-15(17(14)21)28-13-7-5-12(6-8-13)23-19(26)27/h1-10,23H,21H2,(H,26,27)(H,22,24,25). The monoisotopic (exact) mass is 458 g/mol. The molecule has 0 saturated heterocycles. The van der Waals surface area contributed by atoms with E-state index in [4.69, 9.17) is 10.8 Å². The van der Waals surface area contributed by atoms with Crippen molar-refractivity contribution in [3.05, 3.63) is 70.8 Å². The lowest BCUT2D eigenvalue weighted by molar-refractivity contribution is 0.102. The van der Waals surface area contributed by atoms with Crippen LogP contribution in [-0.2, 0) is 0 Å². The van der Waals surface area contributed by atoms with E-state index in [1.165, 1.54) is 11.8 Å². The normalized spacial score (nSPS) is 10.3. The summed E-state index contributed by atoms with van der Waals surface area (Å²) in [6, 6.07) is 15.5. The molecule has 1 aromatic heterocycles. The third kappa shape index (κ3) is 5.02. The highest BCUT2D eigenvalue weighted by Gasteiger charge is 2.14. The van der Waals surface area contributed by atoms with Crippen LogP contribution in [0.3, 0.4) is 0 Å². The molecule has 0 aliphatic rings. The highest BCUT2D eigenvalue weighted by Crippen LogP contribution is 2.34. The molecule has 3 aromatic rings. The average Bonchev–Trinajstić information content (AvgIpc) is 2.66. The number of carboxylic acid groups (broad SMARTS) is 1. The molecule has 28 heavy (non-hydrogen) atoms. The third-order valence-corrected chi connectivity index (χ3v) is 5.17. The lowest BCUT2D eigenvalue weighted by Gasteiger charge is -2.11. The van der Waals surface area contributed by atoms with Crippen LogP contribution in [0.4, 0.5) is 22.0 Å². The fraction of sp³-hybridized carbons (Fsp3) is 0. The number of nitrogens with zero attached hydrogens (tertiary/aromatic N) is 1. The van der Waals surface area contributed by atoms with Gasteiger partial charge in [0.1, 0.15) is 5.82 Å². The van der Waals surface area contributed by atoms with Gasteiger partial charge in [-0.2, -0.15) is 0 Å². The van der Waals surface area contributed by atoms with Crippen molar-refractivity contribution in [2.45, 2.75) is 9.79 Å². The zero-order valence-electron chi connectivity index (χ0n) is 14.3. The molecule has 0 aliphatic heterocycles. The number of nitrogens with two attached hydrogens (primary N) is 1. The molecule has 0 radical (unpaired) electrons. The topological polar surface area (TPSA) is 117 Å². The second-order valence-electron chi connectivity index (χ2n) is 5.59. The first-order valence-corrected chi connectivity index (χ1v) is 9.62. The van der Waals surface area contributed by atoms with Gasteiger partial charge in [0.2, 0.25) is 0 Å². The zero-order valence-corrected chi connectivity index (χ0v) is 16.8. The van der Waals surface area contributed by atoms with Gasteiger partial charge in [0.25, 0.3) is 5.91 Å². The molecule has 2 amide bonds. The number of hydrogen-bond acceptors (Lipinski definition) is 5. The van der Waals surface area contributed by atoms with Crippen molar-refractivity contribution in [3.63, 3.8) is 0 Å². The van der Waals surface area contributed by atoms with Crippen LogP contribution in [0.1, 0.15) is 10.4 Å². The lowest BCUT2D eigenvalue weighted by atomic mass is 10.1. The largest absolute Gasteiger partial charge is 0.465 e. The molecular weight excluding hydrogens is 444 g/mol. The summed E-state index contributed by atoms with van der Waals surface area (Å²) in [5, 5.41) is 13.7. The van der Waals surface area contributed by atoms with Crippen molar-refractivity contribution >= 4 is 56.9 Å². The summed E-state index contributed by atoms with van der Waals surface area (Å²) >= 11 is 4.67. The van der Waals surface area contributed by atoms with Crippen LogP contribution in [0, 0.1) is 0 Å². The Morgan fingerprint density at radius 1 is 1.04 bits per heavy atom. The van der Waals surface area contributed by atoms with Gasteiger partial charge in [-0.15, -0.1) is 0 Å². The molecule has 2 aromatic carbocycles. The van der Waals surface area contributed by atoms with Gasteiger partial charge in [-0.1, -0.05) is 17.8 Å². The molecule has 0 unspecified atom stereocenters. The molecule has 0 atom stereocenters. The van der Waals surface area contributed by atoms with Gasteiger partial charge in [-0.25, -0.2) is 9.78 Å². The lowest BCUT2D eigenvalue weighted by Crippen LogP contribution is -2.15. The summed E-state index contributed by atoms with van der Waals surface area (Å²) in [7, 11) is 0. The van der Waals surface area contributed by atoms with Gasteiger partial charge in [0, 0.05) is 26.1 Å². The molecular formula is C19H15BrN4O3S. The summed E-state index contributed by atoms with van der Waals surface area (Å²) < 4.78 is 0.813. The first kappa shape index (κ1) is 19.7. The molecule has 142 valence electrons. The number of rotatable bonds is 5. The number of nitrogen functional groups attached to an aromatic ring is 1. The Bertz CT molecular complexity index is 1010. The van der Waals surface area contributed by atoms with E-state index in [0.717, 1.165) is 14.3 Å². The number of aromatic nitrogens is 1. The Hall–Kier alpha value is -3.04. The summed E-state index contributed by atoms with van der Waals surface area (Å²) in [6.07, 6.45) is 0.470. The van der Waals surface area contributed by atoms with E-state index in [2.05, 4.69) is 31.5 Å². The molecule has 5 N–H and O–H groups in total. The summed E-state index contributed by atoms with van der Waals surface area (Å²) in [4.78, 5) is 28.9. The van der Waals surface area contributed by atoms with E-state index in [0.29, 0.717) is 22.8 Å². The van der Waals surface area contributed by atoms with E-state index in [1.54, 1.807) is 54.7 Å². The zero-order chi connectivity index (χ0) is 20.1. The number of nitrogens with one attached hydrogen (secondary N) is 2. The van der Waals surface area contributed by atoms with Gasteiger partial charge >= 0.3 is 6.09 Å². The average molecular weight is 459 g/mol. The predicted molar refractivity (Wildman–Crippen MR) is 113 cm³/mol. The van der Waals surface area contributed by atoms with Crippen LogP contribution in [-0.4, -0.2) is 22.1 Å². The smallest absolute Gasteiger partial charge is 0.409 e. The number of para-hydroxylation sites is 1. The van der Waals surface area contributed by atoms with Gasteiger partial charge in [-0.05, 0) is 64.5 Å². The van der Waals surface area contributed by atoms with Crippen LogP contribution in [0.5, 0.6) is 0 Å². The van der Waals surface area contributed by atoms with Crippen molar-refractivity contribution in [3.8, 4) is 0 Å². The fourth-order valence-corrected chi connectivity index (χ4v) is 3.45. The molecule has 7 nitrogen and oxygen atoms in total. The SMILES string of the molecule is Nc1c(Sc2ccc(NC(=O)O)cc2)cccc1C(=O)Nc1ccc(Br)cn1. The first-order chi connectivity index (χ1) is 13.4. The maximum Gasteiger partial charge on any atom is 0.409 e. The summed E-state index contributed by atoms with van der Waals surface area (Å²) in [5.41, 5.74) is 7.38. The van der Waals surface area contributed by atoms with Crippen molar-refractivity contribution in [1.29, 1.82) is 0 Å². The number of anilines is 3. The quantitative estimate of drug-likeness (QED) is 0.403. The molecule has 0 fully saturated rings. The maximum atomic E-state index is 12.6. The molecule has 0 aliphatic carbocycles. The number of pyridine rings is 1. The molecule has 9 heteroatoms.